The molecule has 5 rings (SSSR count). The van der Waals surface area contributed by atoms with E-state index in [0.717, 1.165) is 0 Å². The van der Waals surface area contributed by atoms with Gasteiger partial charge in [-0.3, -0.25) is 9.59 Å². The summed E-state index contributed by atoms with van der Waals surface area (Å²) in [5.74, 6) is 1.06. The summed E-state index contributed by atoms with van der Waals surface area (Å²) in [7, 11) is 0. The molecule has 0 spiro atoms. The molecule has 0 aromatic carbocycles. The zero-order valence-corrected chi connectivity index (χ0v) is 16.8. The third kappa shape index (κ3) is 4.99. The van der Waals surface area contributed by atoms with Gasteiger partial charge < -0.3 is 30.3 Å². The highest BCUT2D eigenvalue weighted by Gasteiger charge is 2.07. The predicted octanol–water partition coefficient (Wildman–Crippen LogP) is 0.733. The van der Waals surface area contributed by atoms with E-state index < -0.39 is 5.56 Å². The zero-order valence-electron chi connectivity index (χ0n) is 16.1. The molecule has 0 aliphatic carbocycles. The van der Waals surface area contributed by atoms with Gasteiger partial charge in [-0.15, -0.1) is 0 Å². The first-order chi connectivity index (χ1) is 14.8. The van der Waals surface area contributed by atoms with E-state index in [1.807, 2.05) is 0 Å². The number of rotatable bonds is 0. The second-order valence-corrected chi connectivity index (χ2v) is 6.06. The number of oxazole rings is 2. The number of fused-ring (bicyclic) bond motifs is 2. The lowest BCUT2D eigenvalue weighted by molar-refractivity contribution is 0.550. The Balaban J connectivity index is 0.000000133. The molecule has 0 fully saturated rings. The van der Waals surface area contributed by atoms with Gasteiger partial charge in [0.25, 0.3) is 22.5 Å². The van der Waals surface area contributed by atoms with Crippen LogP contribution < -0.4 is 22.6 Å². The SMILES string of the molecule is Cc1nc2c(=O)[nH]cnc2o1.Cc1nc2c(Cl)ncnc2o1.Nc1nc[nH]c(=O)c1N. The minimum atomic E-state index is -0.400. The van der Waals surface area contributed by atoms with Crippen LogP contribution in [0.15, 0.2) is 37.4 Å². The van der Waals surface area contributed by atoms with Crippen molar-refractivity contribution in [1.82, 2.24) is 39.9 Å². The van der Waals surface area contributed by atoms with E-state index >= 15 is 0 Å². The van der Waals surface area contributed by atoms with Crippen molar-refractivity contribution in [3.05, 3.63) is 56.6 Å². The molecule has 0 aliphatic heterocycles. The van der Waals surface area contributed by atoms with Crippen LogP contribution in [-0.4, -0.2) is 39.9 Å². The van der Waals surface area contributed by atoms with Gasteiger partial charge in [0, 0.05) is 13.8 Å². The number of nitrogens with one attached hydrogen (secondary N) is 2. The number of anilines is 2. The van der Waals surface area contributed by atoms with Crippen molar-refractivity contribution in [2.45, 2.75) is 13.8 Å². The van der Waals surface area contributed by atoms with Crippen LogP contribution in [0.3, 0.4) is 0 Å². The van der Waals surface area contributed by atoms with Crippen molar-refractivity contribution >= 4 is 45.6 Å². The van der Waals surface area contributed by atoms with Gasteiger partial charge in [0.2, 0.25) is 0 Å². The number of hydrogen-bond donors (Lipinski definition) is 4. The maximum absolute atomic E-state index is 11.0. The first-order valence-corrected chi connectivity index (χ1v) is 8.77. The summed E-state index contributed by atoms with van der Waals surface area (Å²) >= 11 is 5.70. The number of nitrogens with zero attached hydrogens (tertiary/aromatic N) is 6. The zero-order chi connectivity index (χ0) is 22.5. The fraction of sp³-hybridized carbons (Fsp3) is 0.125. The molecule has 15 heteroatoms. The molecular weight excluding hydrogens is 432 g/mol. The third-order valence-corrected chi connectivity index (χ3v) is 3.76. The number of nitrogens with two attached hydrogens (primary N) is 2. The van der Waals surface area contributed by atoms with Gasteiger partial charge in [0.15, 0.2) is 33.8 Å². The Kier molecular flexibility index (Phi) is 6.21. The fourth-order valence-corrected chi connectivity index (χ4v) is 2.29. The van der Waals surface area contributed by atoms with Crippen LogP contribution in [0.4, 0.5) is 11.5 Å². The Hall–Kier alpha value is -4.33. The summed E-state index contributed by atoms with van der Waals surface area (Å²) in [6.45, 7) is 3.40. The van der Waals surface area contributed by atoms with Crippen molar-refractivity contribution < 1.29 is 8.83 Å². The summed E-state index contributed by atoms with van der Waals surface area (Å²) in [5, 5.41) is 0.326. The Morgan fingerprint density at radius 2 is 1.42 bits per heavy atom. The van der Waals surface area contributed by atoms with Gasteiger partial charge in [-0.2, -0.15) is 4.98 Å². The molecule has 0 amide bonds. The highest BCUT2D eigenvalue weighted by Crippen LogP contribution is 2.18. The molecule has 5 heterocycles. The number of aromatic amines is 2. The average Bonchev–Trinajstić information content (AvgIpc) is 3.30. The normalized spacial score (nSPS) is 10.3. The van der Waals surface area contributed by atoms with E-state index in [2.05, 4.69) is 39.9 Å². The van der Waals surface area contributed by atoms with Gasteiger partial charge >= 0.3 is 0 Å². The lowest BCUT2D eigenvalue weighted by Crippen LogP contribution is -2.14. The Bertz CT molecular complexity index is 1450. The summed E-state index contributed by atoms with van der Waals surface area (Å²) in [6.07, 6.45) is 3.83. The van der Waals surface area contributed by atoms with Crippen molar-refractivity contribution in [1.29, 1.82) is 0 Å². The molecule has 0 saturated heterocycles. The number of hydrogen-bond acceptors (Lipinski definition) is 12. The van der Waals surface area contributed by atoms with Gasteiger partial charge in [-0.05, 0) is 0 Å². The highest BCUT2D eigenvalue weighted by atomic mass is 35.5. The van der Waals surface area contributed by atoms with Crippen LogP contribution in [0.2, 0.25) is 5.15 Å². The summed E-state index contributed by atoms with van der Waals surface area (Å²) < 4.78 is 10.1. The molecule has 0 atom stereocenters. The quantitative estimate of drug-likeness (QED) is 0.241. The molecule has 5 aromatic heterocycles. The predicted molar refractivity (Wildman–Crippen MR) is 110 cm³/mol. The smallest absolute Gasteiger partial charge is 0.280 e. The second kappa shape index (κ2) is 9.00. The lowest BCUT2D eigenvalue weighted by Gasteiger charge is -1.92. The van der Waals surface area contributed by atoms with Crippen LogP contribution in [0, 0.1) is 13.8 Å². The van der Waals surface area contributed by atoms with Crippen LogP contribution >= 0.6 is 11.6 Å². The van der Waals surface area contributed by atoms with E-state index in [1.165, 1.54) is 19.0 Å². The molecule has 14 nitrogen and oxygen atoms in total. The monoisotopic (exact) mass is 446 g/mol. The molecule has 0 radical (unpaired) electrons. The molecule has 160 valence electrons. The standard InChI is InChI=1S/C6H4ClN3O.C6H5N3O2.C4H6N4O/c1-3-10-4-5(7)8-2-9-6(4)11-3;1-3-9-4-5(10)7-2-8-6(4)11-3;5-2-3(6)7-1-8-4(2)9/h2H,1H3;2H,1H3,(H,7,8,10);1H,5H2,(H3,6,7,8,9). The van der Waals surface area contributed by atoms with Crippen LogP contribution in [0.1, 0.15) is 11.8 Å². The molecule has 0 saturated carbocycles. The number of aromatic nitrogens is 8. The van der Waals surface area contributed by atoms with Crippen molar-refractivity contribution in [3.63, 3.8) is 0 Å². The Morgan fingerprint density at radius 3 is 2.00 bits per heavy atom. The van der Waals surface area contributed by atoms with E-state index in [9.17, 15) is 9.59 Å². The molecule has 0 unspecified atom stereocenters. The minimum absolute atomic E-state index is 0.0301. The van der Waals surface area contributed by atoms with E-state index in [-0.39, 0.29) is 28.3 Å². The highest BCUT2D eigenvalue weighted by molar-refractivity contribution is 6.33. The first kappa shape index (κ1) is 21.4. The van der Waals surface area contributed by atoms with Crippen molar-refractivity contribution in [2.24, 2.45) is 0 Å². The fourth-order valence-electron chi connectivity index (χ4n) is 2.13. The molecular formula is C16H15ClN10O4. The van der Waals surface area contributed by atoms with Crippen LogP contribution in [0.5, 0.6) is 0 Å². The maximum atomic E-state index is 11.0. The van der Waals surface area contributed by atoms with E-state index in [1.54, 1.807) is 13.8 Å². The summed E-state index contributed by atoms with van der Waals surface area (Å²) in [6, 6.07) is 0. The van der Waals surface area contributed by atoms with Gasteiger partial charge in [0.1, 0.15) is 12.0 Å². The summed E-state index contributed by atoms with van der Waals surface area (Å²) in [5.41, 5.74) is 11.1. The van der Waals surface area contributed by atoms with Gasteiger partial charge in [-0.1, -0.05) is 11.6 Å². The number of aryl methyl sites for hydroxylation is 2. The molecule has 6 N–H and O–H groups in total. The maximum Gasteiger partial charge on any atom is 0.280 e. The number of halogens is 1. The average molecular weight is 447 g/mol. The molecule has 5 aromatic rings. The first-order valence-electron chi connectivity index (χ1n) is 8.39. The number of nitrogen functional groups attached to an aromatic ring is 2. The van der Waals surface area contributed by atoms with Gasteiger partial charge in [-0.25, -0.2) is 24.9 Å². The number of H-pyrrole nitrogens is 2. The third-order valence-electron chi connectivity index (χ3n) is 3.49. The van der Waals surface area contributed by atoms with Crippen LogP contribution in [-0.2, 0) is 0 Å². The largest absolute Gasteiger partial charge is 0.422 e. The topological polar surface area (TPSA) is 221 Å². The minimum Gasteiger partial charge on any atom is -0.422 e. The van der Waals surface area contributed by atoms with Crippen molar-refractivity contribution in [3.8, 4) is 0 Å². The van der Waals surface area contributed by atoms with Crippen molar-refractivity contribution in [2.75, 3.05) is 11.5 Å². The summed E-state index contributed by atoms with van der Waals surface area (Å²) in [4.78, 5) is 48.9. The van der Waals surface area contributed by atoms with Gasteiger partial charge in [0.05, 0.1) is 12.7 Å². The van der Waals surface area contributed by atoms with Crippen LogP contribution in [0.25, 0.3) is 22.5 Å². The lowest BCUT2D eigenvalue weighted by atomic mass is 10.5. The molecule has 0 aliphatic rings. The van der Waals surface area contributed by atoms with E-state index in [4.69, 9.17) is 31.9 Å². The second-order valence-electron chi connectivity index (χ2n) is 5.70. The Labute approximate surface area is 176 Å². The molecule has 0 bridgehead atoms. The Morgan fingerprint density at radius 1 is 0.839 bits per heavy atom. The molecule has 31 heavy (non-hydrogen) atoms. The van der Waals surface area contributed by atoms with E-state index in [0.29, 0.717) is 28.2 Å².